The van der Waals surface area contributed by atoms with Crippen molar-refractivity contribution in [1.82, 2.24) is 5.32 Å². The molecule has 0 aromatic heterocycles. The van der Waals surface area contributed by atoms with E-state index in [2.05, 4.69) is 33.4 Å². The van der Waals surface area contributed by atoms with Crippen molar-refractivity contribution in [3.05, 3.63) is 70.7 Å². The van der Waals surface area contributed by atoms with Crippen molar-refractivity contribution in [2.75, 3.05) is 7.11 Å². The second-order valence-corrected chi connectivity index (χ2v) is 7.82. The second kappa shape index (κ2) is 9.70. The summed E-state index contributed by atoms with van der Waals surface area (Å²) in [4.78, 5) is 25.3. The highest BCUT2D eigenvalue weighted by Gasteiger charge is 2.23. The molecule has 0 fully saturated rings. The van der Waals surface area contributed by atoms with Crippen LogP contribution >= 0.6 is 15.9 Å². The van der Waals surface area contributed by atoms with E-state index in [4.69, 9.17) is 4.74 Å². The van der Waals surface area contributed by atoms with Crippen LogP contribution in [-0.4, -0.2) is 25.0 Å². The largest absolute Gasteiger partial charge is 0.467 e. The summed E-state index contributed by atoms with van der Waals surface area (Å²) in [7, 11) is 1.34. The maximum Gasteiger partial charge on any atom is 0.328 e. The summed E-state index contributed by atoms with van der Waals surface area (Å²) in [6.07, 6.45) is 2.31. The van der Waals surface area contributed by atoms with Crippen LogP contribution in [0.2, 0.25) is 0 Å². The normalized spacial score (nSPS) is 11.8. The minimum absolute atomic E-state index is 0.285. The number of esters is 1. The first-order valence-corrected chi connectivity index (χ1v) is 10.5. The van der Waals surface area contributed by atoms with E-state index in [1.165, 1.54) is 7.11 Å². The summed E-state index contributed by atoms with van der Waals surface area (Å²) >= 11 is 3.52. The molecule has 0 aliphatic heterocycles. The Bertz CT molecular complexity index is 1030. The van der Waals surface area contributed by atoms with Crippen molar-refractivity contribution in [2.24, 2.45) is 0 Å². The first-order valence-electron chi connectivity index (χ1n) is 9.71. The van der Waals surface area contributed by atoms with Crippen molar-refractivity contribution in [3.8, 4) is 11.1 Å². The maximum absolute atomic E-state index is 13.1. The molecule has 1 N–H and O–H groups in total. The highest BCUT2D eigenvalue weighted by Crippen LogP contribution is 2.33. The quantitative estimate of drug-likeness (QED) is 0.464. The van der Waals surface area contributed by atoms with Gasteiger partial charge in [-0.25, -0.2) is 4.79 Å². The van der Waals surface area contributed by atoms with Crippen LogP contribution in [0.25, 0.3) is 21.9 Å². The van der Waals surface area contributed by atoms with E-state index in [-0.39, 0.29) is 5.91 Å². The van der Waals surface area contributed by atoms with Crippen molar-refractivity contribution < 1.29 is 14.3 Å². The van der Waals surface area contributed by atoms with Crippen LogP contribution in [0, 0.1) is 0 Å². The lowest BCUT2D eigenvalue weighted by Crippen LogP contribution is -2.41. The number of rotatable bonds is 7. The molecule has 150 valence electrons. The molecule has 0 saturated carbocycles. The third kappa shape index (κ3) is 4.85. The molecule has 0 aliphatic rings. The Morgan fingerprint density at radius 2 is 1.79 bits per heavy atom. The van der Waals surface area contributed by atoms with Crippen LogP contribution in [0.3, 0.4) is 0 Å². The molecule has 0 heterocycles. The van der Waals surface area contributed by atoms with Gasteiger partial charge in [0.2, 0.25) is 0 Å². The summed E-state index contributed by atoms with van der Waals surface area (Å²) < 4.78 is 5.76. The zero-order chi connectivity index (χ0) is 20.8. The van der Waals surface area contributed by atoms with Crippen molar-refractivity contribution in [2.45, 2.75) is 32.2 Å². The van der Waals surface area contributed by atoms with E-state index >= 15 is 0 Å². The molecule has 29 heavy (non-hydrogen) atoms. The van der Waals surface area contributed by atoms with Crippen LogP contribution in [0.1, 0.15) is 36.5 Å². The van der Waals surface area contributed by atoms with Crippen molar-refractivity contribution >= 4 is 38.6 Å². The van der Waals surface area contributed by atoms with Gasteiger partial charge in [0, 0.05) is 10.0 Å². The van der Waals surface area contributed by atoms with Gasteiger partial charge >= 0.3 is 5.97 Å². The van der Waals surface area contributed by atoms with E-state index in [1.807, 2.05) is 49.4 Å². The maximum atomic E-state index is 13.1. The van der Waals surface area contributed by atoms with Gasteiger partial charge in [-0.1, -0.05) is 78.2 Å². The molecule has 3 aromatic carbocycles. The highest BCUT2D eigenvalue weighted by atomic mass is 79.9. The number of fused-ring (bicyclic) bond motifs is 1. The zero-order valence-electron chi connectivity index (χ0n) is 16.6. The number of amides is 1. The van der Waals surface area contributed by atoms with Crippen LogP contribution in [-0.2, 0) is 9.53 Å². The Hall–Kier alpha value is -2.66. The van der Waals surface area contributed by atoms with Gasteiger partial charge in [-0.05, 0) is 46.5 Å². The molecule has 1 atom stereocenters. The Balaban J connectivity index is 2.02. The molecule has 5 heteroatoms. The summed E-state index contributed by atoms with van der Waals surface area (Å²) in [6.45, 7) is 2.05. The van der Waals surface area contributed by atoms with Gasteiger partial charge in [0.1, 0.15) is 6.04 Å². The van der Waals surface area contributed by atoms with Gasteiger partial charge in [-0.15, -0.1) is 0 Å². The number of methoxy groups -OCH3 is 1. The first-order chi connectivity index (χ1) is 14.0. The molecular formula is C24H24BrNO3. The van der Waals surface area contributed by atoms with E-state index in [0.29, 0.717) is 12.0 Å². The molecular weight excluding hydrogens is 430 g/mol. The number of ether oxygens (including phenoxy) is 1. The number of carbonyl (C=O) groups excluding carboxylic acids is 2. The van der Waals surface area contributed by atoms with E-state index < -0.39 is 12.0 Å². The molecule has 1 unspecified atom stereocenters. The number of hydrogen-bond donors (Lipinski definition) is 1. The van der Waals surface area contributed by atoms with Crippen LogP contribution in [0.4, 0.5) is 0 Å². The minimum Gasteiger partial charge on any atom is -0.467 e. The molecule has 0 spiro atoms. The number of nitrogens with one attached hydrogen (secondary N) is 1. The second-order valence-electron chi connectivity index (χ2n) is 6.91. The lowest BCUT2D eigenvalue weighted by molar-refractivity contribution is -0.143. The summed E-state index contributed by atoms with van der Waals surface area (Å²) in [5, 5.41) is 5.04. The number of hydrogen-bond acceptors (Lipinski definition) is 3. The van der Waals surface area contributed by atoms with E-state index in [9.17, 15) is 9.59 Å². The predicted molar refractivity (Wildman–Crippen MR) is 120 cm³/mol. The minimum atomic E-state index is -0.656. The average molecular weight is 454 g/mol. The molecule has 3 rings (SSSR count). The third-order valence-corrected chi connectivity index (χ3v) is 5.44. The molecule has 0 aliphatic carbocycles. The van der Waals surface area contributed by atoms with Gasteiger partial charge in [-0.3, -0.25) is 4.79 Å². The summed E-state index contributed by atoms with van der Waals surface area (Å²) in [5.41, 5.74) is 2.31. The fraction of sp³-hybridized carbons (Fsp3) is 0.250. The third-order valence-electron chi connectivity index (χ3n) is 4.94. The fourth-order valence-corrected chi connectivity index (χ4v) is 3.79. The predicted octanol–water partition coefficient (Wildman–Crippen LogP) is 5.73. The van der Waals surface area contributed by atoms with Gasteiger partial charge in [0.25, 0.3) is 5.91 Å². The Morgan fingerprint density at radius 1 is 1.03 bits per heavy atom. The Morgan fingerprint density at radius 3 is 2.55 bits per heavy atom. The molecule has 4 nitrogen and oxygen atoms in total. The van der Waals surface area contributed by atoms with Crippen LogP contribution in [0.15, 0.2) is 65.1 Å². The van der Waals surface area contributed by atoms with Crippen molar-refractivity contribution in [1.29, 1.82) is 0 Å². The van der Waals surface area contributed by atoms with E-state index in [0.717, 1.165) is 39.2 Å². The number of benzene rings is 3. The fourth-order valence-electron chi connectivity index (χ4n) is 3.43. The lowest BCUT2D eigenvalue weighted by atomic mass is 9.94. The molecule has 3 aromatic rings. The number of carbonyl (C=O) groups is 2. The van der Waals surface area contributed by atoms with Crippen LogP contribution in [0.5, 0.6) is 0 Å². The molecule has 0 saturated heterocycles. The topological polar surface area (TPSA) is 55.4 Å². The number of unbranched alkanes of at least 4 members (excludes halogenated alkanes) is 1. The van der Waals surface area contributed by atoms with Crippen molar-refractivity contribution in [3.63, 3.8) is 0 Å². The summed E-state index contributed by atoms with van der Waals surface area (Å²) in [5.74, 6) is -0.706. The van der Waals surface area contributed by atoms with Gasteiger partial charge in [0.05, 0.1) is 7.11 Å². The standard InChI is InChI=1S/C24H24BrNO3/c1-3-4-12-22(24(28)29-2)26-23(27)20-14-13-17(25)15-21(20)19-11-7-9-16-8-5-6-10-18(16)19/h5-11,13-15,22H,3-4,12H2,1-2H3,(H,26,27). The molecule has 0 bridgehead atoms. The number of halogens is 1. The van der Waals surface area contributed by atoms with E-state index in [1.54, 1.807) is 6.07 Å². The van der Waals surface area contributed by atoms with Gasteiger partial charge < -0.3 is 10.1 Å². The first kappa shape index (κ1) is 21.1. The van der Waals surface area contributed by atoms with Gasteiger partial charge in [-0.2, -0.15) is 0 Å². The van der Waals surface area contributed by atoms with Gasteiger partial charge in [0.15, 0.2) is 0 Å². The molecule has 1 amide bonds. The summed E-state index contributed by atoms with van der Waals surface area (Å²) in [6, 6.07) is 19.0. The average Bonchev–Trinajstić information content (AvgIpc) is 2.75. The lowest BCUT2D eigenvalue weighted by Gasteiger charge is -2.18. The zero-order valence-corrected chi connectivity index (χ0v) is 18.2. The Kier molecular flexibility index (Phi) is 7.04. The smallest absolute Gasteiger partial charge is 0.328 e. The van der Waals surface area contributed by atoms with Crippen LogP contribution < -0.4 is 5.32 Å². The monoisotopic (exact) mass is 453 g/mol. The highest BCUT2D eigenvalue weighted by molar-refractivity contribution is 9.10. The molecule has 0 radical (unpaired) electrons. The SMILES string of the molecule is CCCCC(NC(=O)c1ccc(Br)cc1-c1cccc2ccccc12)C(=O)OC. The Labute approximate surface area is 179 Å².